The average Bonchev–Trinajstić information content (AvgIpc) is 3.95. The van der Waals surface area contributed by atoms with Gasteiger partial charge in [0.1, 0.15) is 10.4 Å². The summed E-state index contributed by atoms with van der Waals surface area (Å²) in [4.78, 5) is 58.1. The third-order valence-corrected chi connectivity index (χ3v) is 13.3. The maximum atomic E-state index is 15.6. The van der Waals surface area contributed by atoms with E-state index < -0.39 is 6.97 Å². The molecule has 1 aromatic carbocycles. The molecule has 356 valence electrons. The molecule has 2 aliphatic heterocycles. The normalized spacial score (nSPS) is 15.3. The molecule has 7 rings (SSSR count). The van der Waals surface area contributed by atoms with Crippen molar-refractivity contribution in [2.45, 2.75) is 64.7 Å². The van der Waals surface area contributed by atoms with Crippen LogP contribution in [0, 0.1) is 18.5 Å². The maximum Gasteiger partial charge on any atom is 0.737 e. The van der Waals surface area contributed by atoms with Crippen molar-refractivity contribution in [3.8, 4) is 0 Å². The summed E-state index contributed by atoms with van der Waals surface area (Å²) in [5.74, 6) is -0.762. The van der Waals surface area contributed by atoms with Crippen LogP contribution in [-0.2, 0) is 30.9 Å². The van der Waals surface area contributed by atoms with Crippen LogP contribution in [0.25, 0.3) is 18.2 Å². The van der Waals surface area contributed by atoms with Crippen molar-refractivity contribution in [1.82, 2.24) is 35.0 Å². The average molecular weight is 978 g/mol. The fourth-order valence-corrected chi connectivity index (χ4v) is 9.83. The summed E-state index contributed by atoms with van der Waals surface area (Å²) >= 11 is 13.4. The van der Waals surface area contributed by atoms with Crippen LogP contribution in [0.3, 0.4) is 0 Å². The number of ether oxygens (including phenoxy) is 2. The highest BCUT2D eigenvalue weighted by atomic mass is 35.5. The van der Waals surface area contributed by atoms with Crippen LogP contribution in [0.1, 0.15) is 95.1 Å². The number of carbonyl (C=O) groups excluding carboxylic acids is 3. The number of aryl methyl sites for hydroxylation is 3. The molecule has 0 fully saturated rings. The molecule has 67 heavy (non-hydrogen) atoms. The molecule has 15 nitrogen and oxygen atoms in total. The monoisotopic (exact) mass is 977 g/mol. The van der Waals surface area contributed by atoms with Gasteiger partial charge < -0.3 is 52.9 Å². The fraction of sp³-hybridized carbons (Fsp3) is 0.413. The van der Waals surface area contributed by atoms with E-state index in [1.54, 1.807) is 44.5 Å². The third kappa shape index (κ3) is 12.1. The van der Waals surface area contributed by atoms with Gasteiger partial charge in [-0.3, -0.25) is 19.4 Å². The minimum atomic E-state index is -4.05. The fourth-order valence-electron chi connectivity index (χ4n) is 8.46. The van der Waals surface area contributed by atoms with Crippen LogP contribution in [0.4, 0.5) is 13.8 Å². The maximum absolute atomic E-state index is 15.6. The van der Waals surface area contributed by atoms with Crippen molar-refractivity contribution >= 4 is 88.9 Å². The number of unbranched alkanes of at least 4 members (excludes halogenated alkanes) is 2. The first kappa shape index (κ1) is 49.4. The van der Waals surface area contributed by atoms with Gasteiger partial charge in [-0.2, -0.15) is 0 Å². The summed E-state index contributed by atoms with van der Waals surface area (Å²) in [6.45, 7) is 2.33. The predicted molar refractivity (Wildman–Crippen MR) is 261 cm³/mol. The molecule has 0 saturated carbocycles. The number of aromatic nitrogens is 4. The van der Waals surface area contributed by atoms with Gasteiger partial charge in [0.2, 0.25) is 17.7 Å². The summed E-state index contributed by atoms with van der Waals surface area (Å²) in [6, 6.07) is 7.44. The van der Waals surface area contributed by atoms with Crippen molar-refractivity contribution in [3.63, 3.8) is 0 Å². The highest BCUT2D eigenvalue weighted by Crippen LogP contribution is 2.42. The second kappa shape index (κ2) is 22.5. The molecule has 3 aliphatic rings. The second-order valence-corrected chi connectivity index (χ2v) is 18.5. The van der Waals surface area contributed by atoms with Crippen molar-refractivity contribution in [2.75, 3.05) is 57.9 Å². The standard InChI is InChI=1S/C46H55BClF2N9O6S2/c1-29-25-30(2)58-37(29)27-34-11-10-33(59(34)47(58,49)50)12-15-40(61)51-17-6-4-5-7-39(60)52-19-21-64-23-24-65-22-20-53-41(62)16-18-54-45-55-43-38(67-45)14-8-31-26-32(48)9-13-35(31)42(43)36-28-57(3)46(63)56-44(36)66/h8-11,13-14,25-28,42H,4-7,12,15-24H2,1-3H3,(H,51,61)(H,52,60)(H,53,62)(H,54,55)(H,56,63,66). The first-order valence-corrected chi connectivity index (χ1v) is 24.0. The number of rotatable bonds is 23. The number of hydrogen-bond donors (Lipinski definition) is 5. The van der Waals surface area contributed by atoms with Crippen LogP contribution >= 0.6 is 35.2 Å². The smallest absolute Gasteiger partial charge is 0.394 e. The molecule has 1 aliphatic carbocycles. The van der Waals surface area contributed by atoms with Crippen molar-refractivity contribution in [3.05, 3.63) is 113 Å². The SMILES string of the molecule is Cc1cc(C)n2c1C=C1C=CC(CCC(=O)NCCCCCC(=O)NCCOCCOCCNC(=O)CCNc3nc4c(s3)C=Cc3cc(Cl)ccc3C4c3cn(C)c(=O)[nH]c3=S)=[N+]1[B-]2(F)F. The van der Waals surface area contributed by atoms with Gasteiger partial charge >= 0.3 is 12.7 Å². The number of hydrogen-bond acceptors (Lipinski definition) is 10. The third-order valence-electron chi connectivity index (χ3n) is 11.7. The van der Waals surface area contributed by atoms with Gasteiger partial charge in [0, 0.05) is 99.6 Å². The highest BCUT2D eigenvalue weighted by molar-refractivity contribution is 7.71. The molecule has 5 heterocycles. The Morgan fingerprint density at radius 3 is 2.37 bits per heavy atom. The Labute approximate surface area is 401 Å². The molecule has 5 N–H and O–H groups in total. The van der Waals surface area contributed by atoms with E-state index in [2.05, 4.69) is 26.3 Å². The van der Waals surface area contributed by atoms with E-state index in [1.165, 1.54) is 15.9 Å². The number of amides is 3. The van der Waals surface area contributed by atoms with E-state index in [-0.39, 0.29) is 48.6 Å². The molecule has 0 bridgehead atoms. The van der Waals surface area contributed by atoms with Crippen molar-refractivity contribution < 1.29 is 37.0 Å². The molecule has 3 amide bonds. The largest absolute Gasteiger partial charge is 0.737 e. The van der Waals surface area contributed by atoms with Gasteiger partial charge in [0.25, 0.3) is 0 Å². The van der Waals surface area contributed by atoms with E-state index in [9.17, 15) is 19.2 Å². The lowest BCUT2D eigenvalue weighted by atomic mass is 9.88. The van der Waals surface area contributed by atoms with Crippen molar-refractivity contribution in [2.24, 2.45) is 7.05 Å². The molecule has 0 saturated heterocycles. The lowest BCUT2D eigenvalue weighted by Gasteiger charge is -2.30. The number of halogens is 3. The van der Waals surface area contributed by atoms with Crippen LogP contribution in [0.15, 0.2) is 53.1 Å². The number of nitrogens with zero attached hydrogens (tertiary/aromatic N) is 4. The lowest BCUT2D eigenvalue weighted by molar-refractivity contribution is -0.362. The Hall–Kier alpha value is -5.54. The van der Waals surface area contributed by atoms with E-state index in [4.69, 9.17) is 38.3 Å². The van der Waals surface area contributed by atoms with Crippen LogP contribution in [0.2, 0.25) is 5.02 Å². The minimum absolute atomic E-state index is 0.0779. The predicted octanol–water partition coefficient (Wildman–Crippen LogP) is 6.46. The Bertz CT molecular complexity index is 2760. The Morgan fingerprint density at radius 1 is 0.896 bits per heavy atom. The van der Waals surface area contributed by atoms with Crippen LogP contribution in [-0.4, -0.2) is 107 Å². The van der Waals surface area contributed by atoms with Crippen molar-refractivity contribution in [1.29, 1.82) is 0 Å². The number of aromatic amines is 1. The van der Waals surface area contributed by atoms with Crippen LogP contribution in [0.5, 0.6) is 0 Å². The molecule has 1 atom stereocenters. The second-order valence-electron chi connectivity index (χ2n) is 16.6. The first-order chi connectivity index (χ1) is 32.2. The summed E-state index contributed by atoms with van der Waals surface area (Å²) in [5, 5.41) is 13.1. The molecule has 0 spiro atoms. The zero-order valence-corrected chi connectivity index (χ0v) is 40.1. The Morgan fingerprint density at radius 2 is 1.61 bits per heavy atom. The van der Waals surface area contributed by atoms with E-state index in [0.29, 0.717) is 109 Å². The van der Waals surface area contributed by atoms with E-state index >= 15 is 8.63 Å². The molecule has 3 aromatic heterocycles. The highest BCUT2D eigenvalue weighted by Gasteiger charge is 2.52. The lowest BCUT2D eigenvalue weighted by Crippen LogP contribution is -2.50. The minimum Gasteiger partial charge on any atom is -0.394 e. The van der Waals surface area contributed by atoms with Gasteiger partial charge in [-0.05, 0) is 73.3 Å². The molecule has 4 aromatic rings. The Balaban J connectivity index is 0.692. The number of nitrogens with one attached hydrogen (secondary N) is 5. The zero-order valence-electron chi connectivity index (χ0n) is 37.7. The Kier molecular flexibility index (Phi) is 16.6. The number of H-pyrrole nitrogens is 1. The summed E-state index contributed by atoms with van der Waals surface area (Å²) in [6.07, 6.45) is 13.9. The number of fused-ring (bicyclic) bond motifs is 4. The summed E-state index contributed by atoms with van der Waals surface area (Å²) < 4.78 is 46.3. The quantitative estimate of drug-likeness (QED) is 0.0280. The molecular formula is C46H55BClF2N9O6S2. The number of benzene rings is 1. The topological polar surface area (TPSA) is 176 Å². The van der Waals surface area contributed by atoms with Gasteiger partial charge in [-0.25, -0.2) is 9.78 Å². The van der Waals surface area contributed by atoms with Gasteiger partial charge in [0.05, 0.1) is 42.9 Å². The van der Waals surface area contributed by atoms with Gasteiger partial charge in [-0.1, -0.05) is 53.7 Å². The molecule has 21 heteroatoms. The number of anilines is 1. The summed E-state index contributed by atoms with van der Waals surface area (Å²) in [7, 11) is 1.67. The zero-order chi connectivity index (χ0) is 47.7. The van der Waals surface area contributed by atoms with Crippen LogP contribution < -0.4 is 27.0 Å². The summed E-state index contributed by atoms with van der Waals surface area (Å²) in [5.41, 5.74) is 5.81. The number of carbonyl (C=O) groups is 3. The molecule has 0 radical (unpaired) electrons. The van der Waals surface area contributed by atoms with Gasteiger partial charge in [0.15, 0.2) is 10.8 Å². The first-order valence-electron chi connectivity index (χ1n) is 22.4. The van der Waals surface area contributed by atoms with E-state index in [0.717, 1.165) is 48.2 Å². The molecule has 1 unspecified atom stereocenters. The van der Waals surface area contributed by atoms with E-state index in [1.807, 2.05) is 37.3 Å². The number of allylic oxidation sites excluding steroid dienone is 2. The van der Waals surface area contributed by atoms with Gasteiger partial charge in [-0.15, -0.1) is 0 Å². The molecular weight excluding hydrogens is 923 g/mol. The number of thiazole rings is 1.